The Morgan fingerprint density at radius 2 is 2.41 bits per heavy atom. The monoisotopic (exact) mass is 294 g/mol. The van der Waals surface area contributed by atoms with E-state index in [2.05, 4.69) is 38.5 Å². The number of pyridine rings is 1. The number of hydrogen-bond acceptors (Lipinski definition) is 3. The third kappa shape index (κ3) is 2.94. The highest BCUT2D eigenvalue weighted by molar-refractivity contribution is 9.10. The summed E-state index contributed by atoms with van der Waals surface area (Å²) < 4.78 is 0.613. The summed E-state index contributed by atoms with van der Waals surface area (Å²) >= 11 is 3.20. The third-order valence-corrected chi connectivity index (χ3v) is 3.28. The Morgan fingerprint density at radius 1 is 1.71 bits per heavy atom. The maximum atomic E-state index is 11.5. The Bertz CT molecular complexity index is 497. The van der Waals surface area contributed by atoms with Crippen LogP contribution in [0.5, 0.6) is 0 Å². The van der Waals surface area contributed by atoms with Crippen LogP contribution in [-0.2, 0) is 0 Å². The molecular formula is C11H11BrN4O. The predicted octanol–water partition coefficient (Wildman–Crippen LogP) is 2.25. The summed E-state index contributed by atoms with van der Waals surface area (Å²) in [5.74, 6) is 0.920. The molecule has 1 fully saturated rings. The molecule has 17 heavy (non-hydrogen) atoms. The predicted molar refractivity (Wildman–Crippen MR) is 66.4 cm³/mol. The van der Waals surface area contributed by atoms with Gasteiger partial charge >= 0.3 is 6.03 Å². The Morgan fingerprint density at radius 3 is 3.00 bits per heavy atom. The van der Waals surface area contributed by atoms with E-state index in [0.29, 0.717) is 21.8 Å². The van der Waals surface area contributed by atoms with E-state index in [1.165, 1.54) is 12.3 Å². The zero-order chi connectivity index (χ0) is 12.4. The molecule has 1 aliphatic carbocycles. The Labute approximate surface area is 107 Å². The summed E-state index contributed by atoms with van der Waals surface area (Å²) in [5.41, 5.74) is 0.440. The summed E-state index contributed by atoms with van der Waals surface area (Å²) in [7, 11) is 0. The number of aromatic nitrogens is 1. The van der Waals surface area contributed by atoms with Crippen LogP contribution in [-0.4, -0.2) is 17.1 Å². The fraction of sp³-hybridized carbons (Fsp3) is 0.364. The first-order valence-corrected chi connectivity index (χ1v) is 6.02. The molecule has 0 bridgehead atoms. The molecule has 1 aliphatic rings. The number of carbonyl (C=O) groups is 1. The van der Waals surface area contributed by atoms with Crippen molar-refractivity contribution in [2.24, 2.45) is 5.92 Å². The molecule has 0 radical (unpaired) electrons. The minimum Gasteiger partial charge on any atom is -0.335 e. The molecule has 1 aromatic heterocycles. The van der Waals surface area contributed by atoms with Gasteiger partial charge in [-0.15, -0.1) is 0 Å². The Hall–Kier alpha value is -1.61. The van der Waals surface area contributed by atoms with Crippen LogP contribution in [0.25, 0.3) is 0 Å². The minimum atomic E-state index is -0.280. The number of rotatable bonds is 2. The normalized spacial score (nSPS) is 21.5. The molecule has 1 heterocycles. The maximum absolute atomic E-state index is 11.5. The van der Waals surface area contributed by atoms with Crippen LogP contribution in [0.2, 0.25) is 0 Å². The van der Waals surface area contributed by atoms with Crippen LogP contribution >= 0.6 is 15.9 Å². The molecule has 6 heteroatoms. The van der Waals surface area contributed by atoms with Crippen molar-refractivity contribution < 1.29 is 4.79 Å². The molecule has 2 amide bonds. The van der Waals surface area contributed by atoms with Crippen molar-refractivity contribution in [1.82, 2.24) is 10.3 Å². The molecular weight excluding hydrogens is 284 g/mol. The first-order chi connectivity index (χ1) is 8.10. The second-order valence-corrected chi connectivity index (χ2v) is 4.93. The highest BCUT2D eigenvalue weighted by atomic mass is 79.9. The van der Waals surface area contributed by atoms with Crippen LogP contribution in [0.4, 0.5) is 10.6 Å². The standard InChI is InChI=1S/C11H11BrN4O/c1-6-2-9(6)15-11(17)16-10-3-7(4-13)8(12)5-14-10/h3,5-6,9H,2H2,1H3,(H2,14,15,16,17)/t6-,9+/m1/s1. The number of hydrogen-bond donors (Lipinski definition) is 2. The van der Waals surface area contributed by atoms with E-state index < -0.39 is 0 Å². The maximum Gasteiger partial charge on any atom is 0.320 e. The van der Waals surface area contributed by atoms with E-state index >= 15 is 0 Å². The Kier molecular flexibility index (Phi) is 3.29. The Balaban J connectivity index is 1.98. The number of anilines is 1. The largest absolute Gasteiger partial charge is 0.335 e. The molecule has 0 aromatic carbocycles. The number of urea groups is 1. The highest BCUT2D eigenvalue weighted by Crippen LogP contribution is 2.28. The van der Waals surface area contributed by atoms with E-state index in [-0.39, 0.29) is 12.1 Å². The summed E-state index contributed by atoms with van der Waals surface area (Å²) in [6.45, 7) is 2.08. The number of nitrogens with one attached hydrogen (secondary N) is 2. The SMILES string of the molecule is C[C@@H]1C[C@@H]1NC(=O)Nc1cc(C#N)c(Br)cn1. The lowest BCUT2D eigenvalue weighted by atomic mass is 10.3. The van der Waals surface area contributed by atoms with E-state index in [9.17, 15) is 4.79 Å². The number of nitrogens with zero attached hydrogens (tertiary/aromatic N) is 2. The molecule has 2 N–H and O–H groups in total. The fourth-order valence-electron chi connectivity index (χ4n) is 1.44. The van der Waals surface area contributed by atoms with Crippen molar-refractivity contribution in [3.63, 3.8) is 0 Å². The molecule has 88 valence electrons. The molecule has 0 saturated heterocycles. The highest BCUT2D eigenvalue weighted by Gasteiger charge is 2.33. The van der Waals surface area contributed by atoms with Crippen molar-refractivity contribution in [3.05, 3.63) is 22.3 Å². The summed E-state index contributed by atoms with van der Waals surface area (Å²) in [6, 6.07) is 3.52. The molecule has 2 rings (SSSR count). The van der Waals surface area contributed by atoms with E-state index in [1.807, 2.05) is 6.07 Å². The fourth-order valence-corrected chi connectivity index (χ4v) is 1.74. The van der Waals surface area contributed by atoms with Crippen molar-refractivity contribution in [2.45, 2.75) is 19.4 Å². The molecule has 1 saturated carbocycles. The zero-order valence-corrected chi connectivity index (χ0v) is 10.8. The van der Waals surface area contributed by atoms with E-state index in [1.54, 1.807) is 0 Å². The van der Waals surface area contributed by atoms with Gasteiger partial charge in [0, 0.05) is 12.2 Å². The van der Waals surface area contributed by atoms with Crippen LogP contribution in [0.1, 0.15) is 18.9 Å². The van der Waals surface area contributed by atoms with Gasteiger partial charge in [0.2, 0.25) is 0 Å². The van der Waals surface area contributed by atoms with Gasteiger partial charge in [0.1, 0.15) is 11.9 Å². The second kappa shape index (κ2) is 4.72. The van der Waals surface area contributed by atoms with Crippen molar-refractivity contribution in [2.75, 3.05) is 5.32 Å². The van der Waals surface area contributed by atoms with Crippen LogP contribution in [0, 0.1) is 17.2 Å². The topological polar surface area (TPSA) is 77.8 Å². The number of nitriles is 1. The van der Waals surface area contributed by atoms with Crippen molar-refractivity contribution in [1.29, 1.82) is 5.26 Å². The molecule has 2 atom stereocenters. The average molecular weight is 295 g/mol. The number of halogens is 1. The lowest BCUT2D eigenvalue weighted by Crippen LogP contribution is -2.31. The van der Waals surface area contributed by atoms with Gasteiger partial charge in [-0.1, -0.05) is 6.92 Å². The van der Waals surface area contributed by atoms with Gasteiger partial charge < -0.3 is 5.32 Å². The van der Waals surface area contributed by atoms with Gasteiger partial charge in [-0.05, 0) is 34.3 Å². The summed E-state index contributed by atoms with van der Waals surface area (Å²) in [5, 5.41) is 14.3. The summed E-state index contributed by atoms with van der Waals surface area (Å²) in [4.78, 5) is 15.5. The van der Waals surface area contributed by atoms with Crippen molar-refractivity contribution >= 4 is 27.8 Å². The lowest BCUT2D eigenvalue weighted by molar-refractivity contribution is 0.251. The van der Waals surface area contributed by atoms with Gasteiger partial charge in [-0.3, -0.25) is 5.32 Å². The van der Waals surface area contributed by atoms with Crippen LogP contribution in [0.15, 0.2) is 16.7 Å². The zero-order valence-electron chi connectivity index (χ0n) is 9.20. The second-order valence-electron chi connectivity index (χ2n) is 4.08. The van der Waals surface area contributed by atoms with Crippen LogP contribution in [0.3, 0.4) is 0 Å². The van der Waals surface area contributed by atoms with Gasteiger partial charge in [0.15, 0.2) is 0 Å². The first kappa shape index (κ1) is 11.9. The van der Waals surface area contributed by atoms with Gasteiger partial charge in [0.25, 0.3) is 0 Å². The molecule has 0 aliphatic heterocycles. The smallest absolute Gasteiger partial charge is 0.320 e. The number of carbonyl (C=O) groups excluding carboxylic acids is 1. The summed E-state index contributed by atoms with van der Waals surface area (Å²) in [6.07, 6.45) is 2.51. The molecule has 1 aromatic rings. The molecule has 5 nitrogen and oxygen atoms in total. The number of amides is 2. The first-order valence-electron chi connectivity index (χ1n) is 5.23. The third-order valence-electron chi connectivity index (χ3n) is 2.64. The average Bonchev–Trinajstić information content (AvgIpc) is 2.97. The van der Waals surface area contributed by atoms with Crippen LogP contribution < -0.4 is 10.6 Å². The van der Waals surface area contributed by atoms with E-state index in [4.69, 9.17) is 5.26 Å². The van der Waals surface area contributed by atoms with E-state index in [0.717, 1.165) is 6.42 Å². The minimum absolute atomic E-state index is 0.265. The van der Waals surface area contributed by atoms with Gasteiger partial charge in [-0.2, -0.15) is 5.26 Å². The molecule has 0 unspecified atom stereocenters. The van der Waals surface area contributed by atoms with Crippen molar-refractivity contribution in [3.8, 4) is 6.07 Å². The quantitative estimate of drug-likeness (QED) is 0.878. The van der Waals surface area contributed by atoms with Gasteiger partial charge in [0.05, 0.1) is 10.0 Å². The molecule has 0 spiro atoms. The lowest BCUT2D eigenvalue weighted by Gasteiger charge is -2.06. The van der Waals surface area contributed by atoms with Gasteiger partial charge in [-0.25, -0.2) is 9.78 Å².